The number of hydrogen-bond donors (Lipinski definition) is 1. The summed E-state index contributed by atoms with van der Waals surface area (Å²) in [5.41, 5.74) is 3.14. The Morgan fingerprint density at radius 1 is 1.06 bits per heavy atom. The molecule has 31 heavy (non-hydrogen) atoms. The van der Waals surface area contributed by atoms with Crippen molar-refractivity contribution < 1.29 is 13.9 Å². The van der Waals surface area contributed by atoms with E-state index < -0.39 is 0 Å². The maximum absolute atomic E-state index is 13.2. The van der Waals surface area contributed by atoms with E-state index in [4.69, 9.17) is 21.1 Å². The van der Waals surface area contributed by atoms with Gasteiger partial charge in [-0.2, -0.15) is 0 Å². The third-order valence-electron chi connectivity index (χ3n) is 5.04. The Bertz CT molecular complexity index is 1000. The number of methoxy groups -OCH3 is 1. The van der Waals surface area contributed by atoms with Crippen molar-refractivity contribution in [1.82, 2.24) is 5.32 Å². The van der Waals surface area contributed by atoms with Crippen LogP contribution in [0.3, 0.4) is 0 Å². The molecule has 0 fully saturated rings. The van der Waals surface area contributed by atoms with E-state index in [0.29, 0.717) is 28.1 Å². The lowest BCUT2D eigenvalue weighted by Gasteiger charge is -2.17. The highest BCUT2D eigenvalue weighted by Gasteiger charge is 2.14. The van der Waals surface area contributed by atoms with E-state index in [2.05, 4.69) is 52.4 Å². The lowest BCUT2D eigenvalue weighted by Crippen LogP contribution is -2.26. The number of halogens is 3. The minimum Gasteiger partial charge on any atom is -0.493 e. The van der Waals surface area contributed by atoms with E-state index in [1.807, 2.05) is 18.2 Å². The molecule has 3 rings (SSSR count). The van der Waals surface area contributed by atoms with Gasteiger partial charge in [0, 0.05) is 18.2 Å². The second kappa shape index (κ2) is 11.5. The van der Waals surface area contributed by atoms with Gasteiger partial charge in [-0.1, -0.05) is 48.0 Å². The Morgan fingerprint density at radius 3 is 2.55 bits per heavy atom. The van der Waals surface area contributed by atoms with Gasteiger partial charge in [0.15, 0.2) is 11.5 Å². The van der Waals surface area contributed by atoms with Crippen LogP contribution in [0, 0.1) is 5.82 Å². The summed E-state index contributed by atoms with van der Waals surface area (Å²) in [7, 11) is 1.61. The Morgan fingerprint density at radius 2 is 1.84 bits per heavy atom. The molecule has 3 nitrogen and oxygen atoms in total. The van der Waals surface area contributed by atoms with Crippen molar-refractivity contribution in [2.75, 3.05) is 7.11 Å². The monoisotopic (exact) mass is 505 g/mol. The third kappa shape index (κ3) is 6.96. The van der Waals surface area contributed by atoms with Gasteiger partial charge in [0.25, 0.3) is 0 Å². The summed E-state index contributed by atoms with van der Waals surface area (Å²) in [5, 5.41) is 3.90. The fraction of sp³-hybridized carbons (Fsp3) is 0.280. The van der Waals surface area contributed by atoms with Gasteiger partial charge in [-0.25, -0.2) is 4.39 Å². The van der Waals surface area contributed by atoms with Gasteiger partial charge in [0.1, 0.15) is 12.4 Å². The molecular weight excluding hydrogens is 481 g/mol. The first-order valence-electron chi connectivity index (χ1n) is 10.2. The van der Waals surface area contributed by atoms with Crippen molar-refractivity contribution in [3.05, 3.63) is 92.7 Å². The first kappa shape index (κ1) is 23.6. The lowest BCUT2D eigenvalue weighted by molar-refractivity contribution is 0.282. The fourth-order valence-corrected chi connectivity index (χ4v) is 4.05. The van der Waals surface area contributed by atoms with Crippen LogP contribution in [-0.4, -0.2) is 13.2 Å². The summed E-state index contributed by atoms with van der Waals surface area (Å²) >= 11 is 9.68. The molecule has 3 aromatic carbocycles. The molecular formula is C25H26BrClFNO2. The van der Waals surface area contributed by atoms with Crippen LogP contribution < -0.4 is 14.8 Å². The predicted molar refractivity (Wildman–Crippen MR) is 128 cm³/mol. The minimum atomic E-state index is -0.373. The molecule has 0 aliphatic rings. The number of ether oxygens (including phenoxy) is 2. The quantitative estimate of drug-likeness (QED) is 0.323. The molecule has 0 aromatic heterocycles. The summed E-state index contributed by atoms with van der Waals surface area (Å²) in [4.78, 5) is 0. The highest BCUT2D eigenvalue weighted by atomic mass is 79.9. The molecule has 0 heterocycles. The number of nitrogens with one attached hydrogen (secondary N) is 1. The first-order valence-corrected chi connectivity index (χ1v) is 11.3. The van der Waals surface area contributed by atoms with Crippen molar-refractivity contribution in [2.24, 2.45) is 0 Å². The van der Waals surface area contributed by atoms with Gasteiger partial charge in [0.2, 0.25) is 0 Å². The second-order valence-electron chi connectivity index (χ2n) is 7.44. The van der Waals surface area contributed by atoms with E-state index in [9.17, 15) is 4.39 Å². The molecule has 6 heteroatoms. The zero-order valence-electron chi connectivity index (χ0n) is 17.6. The molecule has 3 aromatic rings. The highest BCUT2D eigenvalue weighted by Crippen LogP contribution is 2.37. The van der Waals surface area contributed by atoms with Crippen LogP contribution in [0.1, 0.15) is 30.0 Å². The minimum absolute atomic E-state index is 0.211. The van der Waals surface area contributed by atoms with E-state index >= 15 is 0 Å². The SMILES string of the molecule is COc1cc(CN[C@@H](C)CCc2ccccc2)cc(Br)c1OCc1ccc(F)cc1Cl. The van der Waals surface area contributed by atoms with Crippen LogP contribution in [0.5, 0.6) is 11.5 Å². The number of aryl methyl sites for hydroxylation is 1. The van der Waals surface area contributed by atoms with Crippen molar-refractivity contribution in [1.29, 1.82) is 0 Å². The number of rotatable bonds is 10. The van der Waals surface area contributed by atoms with Crippen LogP contribution in [0.15, 0.2) is 65.1 Å². The zero-order valence-corrected chi connectivity index (χ0v) is 20.0. The van der Waals surface area contributed by atoms with Gasteiger partial charge in [-0.05, 0) is 71.1 Å². The van der Waals surface area contributed by atoms with Crippen LogP contribution in [-0.2, 0) is 19.6 Å². The van der Waals surface area contributed by atoms with Crippen molar-refractivity contribution in [3.63, 3.8) is 0 Å². The summed E-state index contributed by atoms with van der Waals surface area (Å²) in [6.07, 6.45) is 2.10. The summed E-state index contributed by atoms with van der Waals surface area (Å²) in [6.45, 7) is 3.12. The summed E-state index contributed by atoms with van der Waals surface area (Å²) in [5.74, 6) is 0.840. The summed E-state index contributed by atoms with van der Waals surface area (Å²) < 4.78 is 25.5. The molecule has 0 unspecified atom stereocenters. The van der Waals surface area contributed by atoms with Crippen molar-refractivity contribution >= 4 is 27.5 Å². The molecule has 0 saturated heterocycles. The van der Waals surface area contributed by atoms with Crippen molar-refractivity contribution in [3.8, 4) is 11.5 Å². The molecule has 0 bridgehead atoms. The number of benzene rings is 3. The normalized spacial score (nSPS) is 11.9. The van der Waals surface area contributed by atoms with Crippen molar-refractivity contribution in [2.45, 2.75) is 39.0 Å². The average molecular weight is 507 g/mol. The fourth-order valence-electron chi connectivity index (χ4n) is 3.23. The van der Waals surface area contributed by atoms with E-state index in [-0.39, 0.29) is 12.4 Å². The molecule has 0 aliphatic heterocycles. The zero-order chi connectivity index (χ0) is 22.2. The van der Waals surface area contributed by atoms with Crippen LogP contribution in [0.4, 0.5) is 4.39 Å². The first-order chi connectivity index (χ1) is 15.0. The standard InChI is InChI=1S/C25H26BrClFNO2/c1-17(8-9-18-6-4-3-5-7-18)29-15-19-12-22(26)25(24(13-19)30-2)31-16-20-10-11-21(28)14-23(20)27/h3-7,10-14,17,29H,8-9,15-16H2,1-2H3/t17-/m0/s1. The predicted octanol–water partition coefficient (Wildman–Crippen LogP) is 6.94. The molecule has 164 valence electrons. The van der Waals surface area contributed by atoms with Crippen LogP contribution in [0.25, 0.3) is 0 Å². The maximum Gasteiger partial charge on any atom is 0.175 e. The summed E-state index contributed by atoms with van der Waals surface area (Å²) in [6, 6.07) is 19.1. The Hall–Kier alpha value is -2.08. The molecule has 1 N–H and O–H groups in total. The molecule has 0 radical (unpaired) electrons. The number of hydrogen-bond acceptors (Lipinski definition) is 3. The van der Waals surface area contributed by atoms with Gasteiger partial charge >= 0.3 is 0 Å². The van der Waals surface area contributed by atoms with E-state index in [1.54, 1.807) is 13.2 Å². The van der Waals surface area contributed by atoms with E-state index in [0.717, 1.165) is 29.4 Å². The lowest BCUT2D eigenvalue weighted by atomic mass is 10.1. The smallest absolute Gasteiger partial charge is 0.175 e. The third-order valence-corrected chi connectivity index (χ3v) is 5.98. The molecule has 0 aliphatic carbocycles. The largest absolute Gasteiger partial charge is 0.493 e. The maximum atomic E-state index is 13.2. The topological polar surface area (TPSA) is 30.5 Å². The Kier molecular flexibility index (Phi) is 8.76. The van der Waals surface area contributed by atoms with Gasteiger partial charge in [-0.3, -0.25) is 0 Å². The second-order valence-corrected chi connectivity index (χ2v) is 8.70. The van der Waals surface area contributed by atoms with Crippen LogP contribution in [0.2, 0.25) is 5.02 Å². The molecule has 0 amide bonds. The van der Waals surface area contributed by atoms with E-state index in [1.165, 1.54) is 17.7 Å². The van der Waals surface area contributed by atoms with Gasteiger partial charge < -0.3 is 14.8 Å². The molecule has 0 saturated carbocycles. The van der Waals surface area contributed by atoms with Gasteiger partial charge in [0.05, 0.1) is 16.6 Å². The Labute approximate surface area is 196 Å². The molecule has 0 spiro atoms. The molecule has 1 atom stereocenters. The highest BCUT2D eigenvalue weighted by molar-refractivity contribution is 9.10. The van der Waals surface area contributed by atoms with Gasteiger partial charge in [-0.15, -0.1) is 0 Å². The van der Waals surface area contributed by atoms with Crippen LogP contribution >= 0.6 is 27.5 Å². The Balaban J connectivity index is 1.59. The average Bonchev–Trinajstić information content (AvgIpc) is 2.77.